The first kappa shape index (κ1) is 16.5. The van der Waals surface area contributed by atoms with Gasteiger partial charge in [-0.25, -0.2) is 0 Å². The van der Waals surface area contributed by atoms with Crippen molar-refractivity contribution in [1.82, 2.24) is 0 Å². The lowest BCUT2D eigenvalue weighted by Crippen LogP contribution is -1.93. The zero-order valence-corrected chi connectivity index (χ0v) is 10.9. The van der Waals surface area contributed by atoms with E-state index < -0.39 is 27.5 Å². The average molecular weight is 282 g/mol. The molecule has 0 aliphatic heterocycles. The third-order valence-corrected chi connectivity index (χ3v) is 3.36. The number of hydrogen-bond acceptors (Lipinski definition) is 2. The topological polar surface area (TPSA) is 115 Å². The molecule has 0 unspecified atom stereocenters. The van der Waals surface area contributed by atoms with Gasteiger partial charge in [-0.1, -0.05) is 36.4 Å². The van der Waals surface area contributed by atoms with E-state index in [4.69, 9.17) is 19.6 Å². The largest absolute Gasteiger partial charge is 0.325 e. The molecule has 17 heavy (non-hydrogen) atoms. The van der Waals surface area contributed by atoms with Crippen molar-refractivity contribution in [3.05, 3.63) is 36.4 Å². The van der Waals surface area contributed by atoms with Crippen molar-refractivity contribution in [2.24, 2.45) is 0 Å². The highest BCUT2D eigenvalue weighted by Gasteiger charge is 2.17. The fraction of sp³-hybridized carbons (Fsp3) is 0.333. The zero-order valence-electron chi connectivity index (χ0n) is 9.09. The Bertz CT molecular complexity index is 333. The first-order valence-electron chi connectivity index (χ1n) is 4.80. The molecule has 0 fully saturated rings. The molecule has 0 amide bonds. The molecule has 4 N–H and O–H groups in total. The summed E-state index contributed by atoms with van der Waals surface area (Å²) in [5.74, 6) is 0. The van der Waals surface area contributed by atoms with Crippen molar-refractivity contribution in [3.63, 3.8) is 0 Å². The molecule has 6 nitrogen and oxygen atoms in total. The van der Waals surface area contributed by atoms with Gasteiger partial charge in [0.1, 0.15) is 0 Å². The lowest BCUT2D eigenvalue weighted by atomic mass is 10.4. The van der Waals surface area contributed by atoms with Crippen LogP contribution >= 0.6 is 15.2 Å². The average Bonchev–Trinajstić information content (AvgIpc) is 2.17. The second-order valence-electron chi connectivity index (χ2n) is 3.28. The van der Waals surface area contributed by atoms with E-state index in [9.17, 15) is 9.13 Å². The second-order valence-corrected chi connectivity index (χ2v) is 6.84. The van der Waals surface area contributed by atoms with E-state index >= 15 is 0 Å². The van der Waals surface area contributed by atoms with E-state index in [1.165, 1.54) is 0 Å². The normalized spacial score (nSPS) is 11.5. The Morgan fingerprint density at radius 1 is 0.647 bits per heavy atom. The van der Waals surface area contributed by atoms with Gasteiger partial charge in [-0.05, 0) is 6.42 Å². The first-order valence-corrected chi connectivity index (χ1v) is 8.39. The molecule has 0 aliphatic carbocycles. The Hall–Kier alpha value is -0.480. The summed E-state index contributed by atoms with van der Waals surface area (Å²) in [6.07, 6.45) is -1.11. The molecule has 1 aromatic carbocycles. The lowest BCUT2D eigenvalue weighted by Gasteiger charge is -2.04. The molecular formula is C9H16O6P2. The van der Waals surface area contributed by atoms with Crippen LogP contribution in [-0.2, 0) is 9.13 Å². The van der Waals surface area contributed by atoms with Crippen LogP contribution in [0.25, 0.3) is 0 Å². The minimum absolute atomic E-state index is 0.158. The van der Waals surface area contributed by atoms with E-state index in [0.29, 0.717) is 0 Å². The summed E-state index contributed by atoms with van der Waals surface area (Å²) < 4.78 is 20.3. The molecule has 0 saturated heterocycles. The van der Waals surface area contributed by atoms with Crippen LogP contribution in [0.1, 0.15) is 6.42 Å². The molecule has 0 atom stereocenters. The summed E-state index contributed by atoms with van der Waals surface area (Å²) in [6, 6.07) is 12.0. The van der Waals surface area contributed by atoms with Crippen LogP contribution in [0.4, 0.5) is 0 Å². The van der Waals surface area contributed by atoms with Gasteiger partial charge in [-0.2, -0.15) is 0 Å². The monoisotopic (exact) mass is 282 g/mol. The quantitative estimate of drug-likeness (QED) is 0.621. The van der Waals surface area contributed by atoms with E-state index in [1.54, 1.807) is 0 Å². The van der Waals surface area contributed by atoms with Crippen LogP contribution in [-0.4, -0.2) is 31.9 Å². The number of rotatable bonds is 4. The Labute approximate surface area is 99.6 Å². The summed E-state index contributed by atoms with van der Waals surface area (Å²) in [5.41, 5.74) is 0. The van der Waals surface area contributed by atoms with E-state index in [2.05, 4.69) is 0 Å². The van der Waals surface area contributed by atoms with Crippen molar-refractivity contribution in [2.75, 3.05) is 12.3 Å². The van der Waals surface area contributed by atoms with Crippen LogP contribution in [0.2, 0.25) is 0 Å². The fourth-order valence-corrected chi connectivity index (χ4v) is 2.26. The molecule has 0 heterocycles. The maximum Gasteiger partial charge on any atom is 0.325 e. The summed E-state index contributed by atoms with van der Waals surface area (Å²) in [4.78, 5) is 33.1. The van der Waals surface area contributed by atoms with Gasteiger partial charge >= 0.3 is 15.2 Å². The molecule has 0 saturated carbocycles. The van der Waals surface area contributed by atoms with Crippen molar-refractivity contribution >= 4 is 15.2 Å². The number of benzene rings is 1. The van der Waals surface area contributed by atoms with Crippen molar-refractivity contribution in [1.29, 1.82) is 0 Å². The summed E-state index contributed by atoms with van der Waals surface area (Å²) in [7, 11) is -8.19. The standard InChI is InChI=1S/C6H6.C3H10O6P2/c1-2-4-6-5-3-1;4-10(5,6)2-1-3-11(7,8)9/h1-6H;1-3H2,(H2,4,5,6)(H2,7,8,9). The highest BCUT2D eigenvalue weighted by molar-refractivity contribution is 7.52. The van der Waals surface area contributed by atoms with Gasteiger partial charge in [-0.3, -0.25) is 9.13 Å². The molecule has 8 heteroatoms. The van der Waals surface area contributed by atoms with Crippen molar-refractivity contribution in [2.45, 2.75) is 6.42 Å². The van der Waals surface area contributed by atoms with Crippen LogP contribution < -0.4 is 0 Å². The first-order chi connectivity index (χ1) is 7.71. The molecule has 0 radical (unpaired) electrons. The van der Waals surface area contributed by atoms with E-state index in [0.717, 1.165) is 0 Å². The lowest BCUT2D eigenvalue weighted by molar-refractivity contribution is 0.366. The third-order valence-electron chi connectivity index (χ3n) is 1.57. The zero-order chi connectivity index (χ0) is 13.4. The van der Waals surface area contributed by atoms with Gasteiger partial charge in [0.05, 0.1) is 12.3 Å². The summed E-state index contributed by atoms with van der Waals surface area (Å²) >= 11 is 0. The highest BCUT2D eigenvalue weighted by atomic mass is 31.2. The highest BCUT2D eigenvalue weighted by Crippen LogP contribution is 2.40. The molecule has 1 aromatic rings. The molecule has 0 aliphatic rings. The maximum atomic E-state index is 10.2. The Balaban J connectivity index is 0.000000354. The molecule has 98 valence electrons. The molecule has 1 rings (SSSR count). The maximum absolute atomic E-state index is 10.2. The Morgan fingerprint density at radius 2 is 0.882 bits per heavy atom. The fourth-order valence-electron chi connectivity index (χ4n) is 0.868. The Morgan fingerprint density at radius 3 is 1.06 bits per heavy atom. The summed E-state index contributed by atoms with van der Waals surface area (Å²) in [5, 5.41) is 0. The molecular weight excluding hydrogens is 266 g/mol. The predicted octanol–water partition coefficient (Wildman–Crippen LogP) is 1.42. The smallest absolute Gasteiger partial charge is 0.324 e. The van der Waals surface area contributed by atoms with Crippen LogP contribution in [0, 0.1) is 0 Å². The van der Waals surface area contributed by atoms with Gasteiger partial charge in [0.15, 0.2) is 0 Å². The van der Waals surface area contributed by atoms with Crippen molar-refractivity contribution < 1.29 is 28.7 Å². The van der Waals surface area contributed by atoms with Crippen LogP contribution in [0.5, 0.6) is 0 Å². The van der Waals surface area contributed by atoms with Crippen LogP contribution in [0.3, 0.4) is 0 Å². The number of hydrogen-bond donors (Lipinski definition) is 4. The van der Waals surface area contributed by atoms with Gasteiger partial charge < -0.3 is 19.6 Å². The van der Waals surface area contributed by atoms with Gasteiger partial charge in [0.2, 0.25) is 0 Å². The Kier molecular flexibility index (Phi) is 7.55. The predicted molar refractivity (Wildman–Crippen MR) is 64.9 cm³/mol. The van der Waals surface area contributed by atoms with Gasteiger partial charge in [0.25, 0.3) is 0 Å². The minimum Gasteiger partial charge on any atom is -0.324 e. The molecule has 0 bridgehead atoms. The van der Waals surface area contributed by atoms with Crippen molar-refractivity contribution in [3.8, 4) is 0 Å². The molecule has 0 aromatic heterocycles. The minimum atomic E-state index is -4.10. The van der Waals surface area contributed by atoms with E-state index in [-0.39, 0.29) is 6.42 Å². The van der Waals surface area contributed by atoms with E-state index in [1.807, 2.05) is 36.4 Å². The van der Waals surface area contributed by atoms with Gasteiger partial charge in [-0.15, -0.1) is 0 Å². The SMILES string of the molecule is O=P(O)(O)CCCP(=O)(O)O.c1ccccc1. The van der Waals surface area contributed by atoms with Gasteiger partial charge in [0, 0.05) is 0 Å². The van der Waals surface area contributed by atoms with Crippen LogP contribution in [0.15, 0.2) is 36.4 Å². The second kappa shape index (κ2) is 7.77. The summed E-state index contributed by atoms with van der Waals surface area (Å²) in [6.45, 7) is 0. The molecule has 0 spiro atoms. The third kappa shape index (κ3) is 15.5.